The van der Waals surface area contributed by atoms with E-state index in [2.05, 4.69) is 34.8 Å². The van der Waals surface area contributed by atoms with Crippen LogP contribution in [0.5, 0.6) is 0 Å². The highest BCUT2D eigenvalue weighted by Crippen LogP contribution is 2.19. The van der Waals surface area contributed by atoms with Crippen LogP contribution < -0.4 is 5.32 Å². The van der Waals surface area contributed by atoms with Gasteiger partial charge in [0.2, 0.25) is 0 Å². The first-order valence-electron chi connectivity index (χ1n) is 2.74. The van der Waals surface area contributed by atoms with Crippen molar-refractivity contribution in [2.24, 2.45) is 0 Å². The number of nitrogens with one attached hydrogen (secondary N) is 1. The van der Waals surface area contributed by atoms with Crippen molar-refractivity contribution in [1.29, 1.82) is 0 Å². The predicted octanol–water partition coefficient (Wildman–Crippen LogP) is 0.757. The normalized spacial score (nSPS) is 39.8. The summed E-state index contributed by atoms with van der Waals surface area (Å²) in [6, 6.07) is 0. The van der Waals surface area contributed by atoms with E-state index in [1.54, 1.807) is 0 Å². The van der Waals surface area contributed by atoms with Gasteiger partial charge in [-0.15, -0.1) is 0 Å². The molecule has 0 aliphatic carbocycles. The van der Waals surface area contributed by atoms with Crippen molar-refractivity contribution in [3.8, 4) is 0 Å². The molecule has 0 aromatic heterocycles. The summed E-state index contributed by atoms with van der Waals surface area (Å²) >= 11 is 2.31. The van der Waals surface area contributed by atoms with E-state index >= 15 is 0 Å². The van der Waals surface area contributed by atoms with Crippen molar-refractivity contribution in [3.05, 3.63) is 0 Å². The zero-order chi connectivity index (χ0) is 6.04. The van der Waals surface area contributed by atoms with E-state index in [4.69, 9.17) is 4.74 Å². The molecular formula is C5H10INO. The monoisotopic (exact) mass is 227 g/mol. The van der Waals surface area contributed by atoms with Gasteiger partial charge in [-0.3, -0.25) is 0 Å². The molecule has 1 fully saturated rings. The fourth-order valence-electron chi connectivity index (χ4n) is 0.699. The van der Waals surface area contributed by atoms with Gasteiger partial charge in [-0.2, -0.15) is 0 Å². The van der Waals surface area contributed by atoms with Gasteiger partial charge in [-0.1, -0.05) is 0 Å². The number of hydrogen-bond donors (Lipinski definition) is 1. The number of hydrogen-bond acceptors (Lipinski definition) is 2. The minimum Gasteiger partial charge on any atom is -0.362 e. The first kappa shape index (κ1) is 6.77. The Balaban J connectivity index is 2.33. The molecule has 2 nitrogen and oxygen atoms in total. The van der Waals surface area contributed by atoms with Crippen molar-refractivity contribution in [2.75, 3.05) is 19.7 Å². The molecule has 1 saturated heterocycles. The predicted molar refractivity (Wildman–Crippen MR) is 41.2 cm³/mol. The van der Waals surface area contributed by atoms with Crippen molar-refractivity contribution in [2.45, 2.75) is 10.5 Å². The molecule has 0 bridgehead atoms. The topological polar surface area (TPSA) is 21.3 Å². The van der Waals surface area contributed by atoms with E-state index in [1.807, 2.05) is 0 Å². The number of ether oxygens (including phenoxy) is 1. The summed E-state index contributed by atoms with van der Waals surface area (Å²) in [4.78, 5) is 0. The lowest BCUT2D eigenvalue weighted by Crippen LogP contribution is -2.43. The van der Waals surface area contributed by atoms with Crippen LogP contribution in [0, 0.1) is 0 Å². The molecule has 1 aliphatic heterocycles. The number of alkyl halides is 1. The van der Waals surface area contributed by atoms with E-state index in [0.29, 0.717) is 0 Å². The zero-order valence-electron chi connectivity index (χ0n) is 4.91. The van der Waals surface area contributed by atoms with Crippen LogP contribution in [0.2, 0.25) is 0 Å². The largest absolute Gasteiger partial charge is 0.362 e. The Hall–Kier alpha value is 0.650. The minimum absolute atomic E-state index is 0.0377. The lowest BCUT2D eigenvalue weighted by atomic mass is 10.3. The summed E-state index contributed by atoms with van der Waals surface area (Å²) in [5.41, 5.74) is 0. The maximum Gasteiger partial charge on any atom is 0.128 e. The first-order chi connectivity index (χ1) is 3.71. The Morgan fingerprint density at radius 2 is 2.50 bits per heavy atom. The third-order valence-electron chi connectivity index (χ3n) is 1.12. The van der Waals surface area contributed by atoms with E-state index in [-0.39, 0.29) is 3.61 Å². The Labute approximate surface area is 63.1 Å². The van der Waals surface area contributed by atoms with Crippen LogP contribution in [-0.2, 0) is 4.74 Å². The molecule has 1 unspecified atom stereocenters. The Kier molecular flexibility index (Phi) is 2.11. The van der Waals surface area contributed by atoms with Crippen molar-refractivity contribution < 1.29 is 4.74 Å². The molecule has 0 aromatic rings. The first-order valence-corrected chi connectivity index (χ1v) is 3.82. The molecule has 3 heteroatoms. The third kappa shape index (κ3) is 1.87. The quantitative estimate of drug-likeness (QED) is 0.487. The molecule has 1 aliphatic rings. The Morgan fingerprint density at radius 3 is 2.75 bits per heavy atom. The highest BCUT2D eigenvalue weighted by atomic mass is 127. The highest BCUT2D eigenvalue weighted by Gasteiger charge is 2.22. The lowest BCUT2D eigenvalue weighted by molar-refractivity contribution is 0.0280. The van der Waals surface area contributed by atoms with Gasteiger partial charge in [0.25, 0.3) is 0 Å². The molecule has 0 spiro atoms. The van der Waals surface area contributed by atoms with Crippen LogP contribution in [0.4, 0.5) is 0 Å². The Bertz CT molecular complexity index is 76.5. The summed E-state index contributed by atoms with van der Waals surface area (Å²) in [5.74, 6) is 0. The summed E-state index contributed by atoms with van der Waals surface area (Å²) < 4.78 is 5.43. The molecule has 48 valence electrons. The third-order valence-corrected chi connectivity index (χ3v) is 1.82. The van der Waals surface area contributed by atoms with E-state index < -0.39 is 0 Å². The van der Waals surface area contributed by atoms with Gasteiger partial charge in [-0.25, -0.2) is 0 Å². The molecule has 0 saturated carbocycles. The van der Waals surface area contributed by atoms with Crippen LogP contribution in [-0.4, -0.2) is 23.3 Å². The van der Waals surface area contributed by atoms with E-state index in [0.717, 1.165) is 19.7 Å². The van der Waals surface area contributed by atoms with Crippen LogP contribution >= 0.6 is 22.6 Å². The second kappa shape index (κ2) is 2.49. The molecule has 1 rings (SSSR count). The molecule has 1 N–H and O–H groups in total. The van der Waals surface area contributed by atoms with Crippen molar-refractivity contribution in [1.82, 2.24) is 5.32 Å². The van der Waals surface area contributed by atoms with Gasteiger partial charge in [0.15, 0.2) is 0 Å². The average molecular weight is 227 g/mol. The zero-order valence-corrected chi connectivity index (χ0v) is 7.07. The number of morpholine rings is 1. The second-order valence-corrected chi connectivity index (χ2v) is 4.41. The van der Waals surface area contributed by atoms with Gasteiger partial charge >= 0.3 is 0 Å². The van der Waals surface area contributed by atoms with Gasteiger partial charge in [0.05, 0.1) is 6.61 Å². The lowest BCUT2D eigenvalue weighted by Gasteiger charge is -2.28. The summed E-state index contributed by atoms with van der Waals surface area (Å²) in [6.07, 6.45) is 0. The molecule has 0 radical (unpaired) electrons. The standard InChI is InChI=1S/C5H10INO/c1-5(6)4-7-2-3-8-5/h7H,2-4H2,1H3. The fourth-order valence-corrected chi connectivity index (χ4v) is 1.19. The summed E-state index contributed by atoms with van der Waals surface area (Å²) in [5, 5.41) is 3.24. The van der Waals surface area contributed by atoms with E-state index in [1.165, 1.54) is 0 Å². The Morgan fingerprint density at radius 1 is 1.75 bits per heavy atom. The highest BCUT2D eigenvalue weighted by molar-refractivity contribution is 14.1. The smallest absolute Gasteiger partial charge is 0.128 e. The summed E-state index contributed by atoms with van der Waals surface area (Å²) in [7, 11) is 0. The van der Waals surface area contributed by atoms with Crippen LogP contribution in [0.1, 0.15) is 6.92 Å². The van der Waals surface area contributed by atoms with Gasteiger partial charge < -0.3 is 10.1 Å². The van der Waals surface area contributed by atoms with Crippen molar-refractivity contribution >= 4 is 22.6 Å². The van der Waals surface area contributed by atoms with Crippen molar-refractivity contribution in [3.63, 3.8) is 0 Å². The maximum absolute atomic E-state index is 5.39. The van der Waals surface area contributed by atoms with Crippen LogP contribution in [0.3, 0.4) is 0 Å². The van der Waals surface area contributed by atoms with Crippen LogP contribution in [0.15, 0.2) is 0 Å². The molecule has 1 atom stereocenters. The number of rotatable bonds is 0. The van der Waals surface area contributed by atoms with Gasteiger partial charge in [0.1, 0.15) is 3.61 Å². The van der Waals surface area contributed by atoms with Gasteiger partial charge in [-0.05, 0) is 29.5 Å². The maximum atomic E-state index is 5.39. The fraction of sp³-hybridized carbons (Fsp3) is 1.00. The van der Waals surface area contributed by atoms with Crippen LogP contribution in [0.25, 0.3) is 0 Å². The van der Waals surface area contributed by atoms with E-state index in [9.17, 15) is 0 Å². The number of halogens is 1. The second-order valence-electron chi connectivity index (χ2n) is 2.13. The average Bonchev–Trinajstić information content (AvgIpc) is 1.65. The van der Waals surface area contributed by atoms with Gasteiger partial charge in [0, 0.05) is 13.1 Å². The molecule has 1 heterocycles. The summed E-state index contributed by atoms with van der Waals surface area (Å²) in [6.45, 7) is 4.89. The molecule has 8 heavy (non-hydrogen) atoms. The minimum atomic E-state index is 0.0377. The molecular weight excluding hydrogens is 217 g/mol. The molecule has 0 amide bonds. The molecule has 0 aromatic carbocycles. The SMILES string of the molecule is CC1(I)CNCCO1.